The normalized spacial score (nSPS) is 38.6. The molecule has 1 heterocycles. The highest BCUT2D eigenvalue weighted by atomic mass is 16.7. The first-order valence-corrected chi connectivity index (χ1v) is 4.94. The lowest BCUT2D eigenvalue weighted by molar-refractivity contribution is -0.269. The van der Waals surface area contributed by atoms with Crippen LogP contribution in [0.3, 0.4) is 0 Å². The zero-order valence-corrected chi connectivity index (χ0v) is 8.30. The first-order chi connectivity index (χ1) is 6.66. The molecule has 1 aliphatic heterocycles. The van der Waals surface area contributed by atoms with Crippen molar-refractivity contribution in [1.29, 1.82) is 0 Å². The Morgan fingerprint density at radius 3 is 2.64 bits per heavy atom. The van der Waals surface area contributed by atoms with Crippen molar-refractivity contribution in [2.45, 2.75) is 44.4 Å². The molecular formula is C9H18O5. The van der Waals surface area contributed by atoms with Gasteiger partial charge in [-0.3, -0.25) is 0 Å². The van der Waals surface area contributed by atoms with Crippen LogP contribution in [0.25, 0.3) is 0 Å². The quantitative estimate of drug-likeness (QED) is 0.527. The Morgan fingerprint density at radius 2 is 2.00 bits per heavy atom. The minimum atomic E-state index is -1.18. The second-order valence-corrected chi connectivity index (χ2v) is 3.47. The Morgan fingerprint density at radius 1 is 1.29 bits per heavy atom. The van der Waals surface area contributed by atoms with Crippen molar-refractivity contribution in [3.63, 3.8) is 0 Å². The lowest BCUT2D eigenvalue weighted by atomic mass is 10.1. The van der Waals surface area contributed by atoms with E-state index in [1.54, 1.807) is 0 Å². The summed E-state index contributed by atoms with van der Waals surface area (Å²) < 4.78 is 10.2. The van der Waals surface area contributed by atoms with Crippen LogP contribution in [-0.4, -0.2) is 53.1 Å². The predicted octanol–water partition coefficient (Wildman–Crippen LogP) is -0.758. The lowest BCUT2D eigenvalue weighted by Crippen LogP contribution is -2.53. The summed E-state index contributed by atoms with van der Waals surface area (Å²) in [5, 5.41) is 27.9. The summed E-state index contributed by atoms with van der Waals surface area (Å²) >= 11 is 0. The maximum absolute atomic E-state index is 9.45. The molecule has 1 aliphatic rings. The molecule has 0 bridgehead atoms. The van der Waals surface area contributed by atoms with Gasteiger partial charge < -0.3 is 24.8 Å². The van der Waals surface area contributed by atoms with Crippen molar-refractivity contribution in [2.24, 2.45) is 0 Å². The molecule has 0 aromatic carbocycles. The van der Waals surface area contributed by atoms with Gasteiger partial charge in [0.2, 0.25) is 0 Å². The van der Waals surface area contributed by atoms with Gasteiger partial charge in [-0.15, -0.1) is 0 Å². The molecule has 14 heavy (non-hydrogen) atoms. The van der Waals surface area contributed by atoms with Gasteiger partial charge in [0.1, 0.15) is 18.3 Å². The molecule has 1 rings (SSSR count). The van der Waals surface area contributed by atoms with Gasteiger partial charge in [0.05, 0.1) is 6.61 Å². The largest absolute Gasteiger partial charge is 0.388 e. The highest BCUT2D eigenvalue weighted by molar-refractivity contribution is 4.82. The van der Waals surface area contributed by atoms with Gasteiger partial charge in [-0.2, -0.15) is 0 Å². The first-order valence-electron chi connectivity index (χ1n) is 4.94. The average Bonchev–Trinajstić information content (AvgIpc) is 2.18. The fourth-order valence-electron chi connectivity index (χ4n) is 1.27. The second kappa shape index (κ2) is 5.63. The van der Waals surface area contributed by atoms with Gasteiger partial charge in [0.15, 0.2) is 6.29 Å². The molecule has 0 aromatic rings. The third-order valence-electron chi connectivity index (χ3n) is 2.23. The number of aliphatic hydroxyl groups excluding tert-OH is 3. The van der Waals surface area contributed by atoms with E-state index in [1.165, 1.54) is 0 Å². The van der Waals surface area contributed by atoms with E-state index in [9.17, 15) is 10.2 Å². The number of rotatable bonds is 4. The zero-order chi connectivity index (χ0) is 10.6. The maximum atomic E-state index is 9.45. The molecule has 0 aliphatic carbocycles. The van der Waals surface area contributed by atoms with Crippen molar-refractivity contribution in [3.05, 3.63) is 0 Å². The van der Waals surface area contributed by atoms with Crippen LogP contribution in [0.2, 0.25) is 0 Å². The van der Waals surface area contributed by atoms with Crippen molar-refractivity contribution in [3.8, 4) is 0 Å². The van der Waals surface area contributed by atoms with E-state index in [4.69, 9.17) is 14.6 Å². The molecule has 4 unspecified atom stereocenters. The fraction of sp³-hybridized carbons (Fsp3) is 1.00. The number of ether oxygens (including phenoxy) is 2. The third kappa shape index (κ3) is 2.90. The van der Waals surface area contributed by atoms with Crippen LogP contribution in [0.1, 0.15) is 19.8 Å². The number of aliphatic hydroxyl groups is 3. The molecule has 0 spiro atoms. The minimum Gasteiger partial charge on any atom is -0.388 e. The average molecular weight is 206 g/mol. The molecular weight excluding hydrogens is 188 g/mol. The van der Waals surface area contributed by atoms with E-state index in [0.717, 1.165) is 12.8 Å². The summed E-state index contributed by atoms with van der Waals surface area (Å²) in [4.78, 5) is 0. The fourth-order valence-corrected chi connectivity index (χ4v) is 1.27. The van der Waals surface area contributed by atoms with Crippen LogP contribution in [0, 0.1) is 0 Å². The number of unbranched alkanes of at least 4 members (excludes halogenated alkanes) is 1. The Hall–Kier alpha value is -0.200. The van der Waals surface area contributed by atoms with E-state index in [2.05, 4.69) is 0 Å². The van der Waals surface area contributed by atoms with Gasteiger partial charge in [-0.05, 0) is 6.42 Å². The molecule has 5 nitrogen and oxygen atoms in total. The van der Waals surface area contributed by atoms with Crippen molar-refractivity contribution in [1.82, 2.24) is 0 Å². The van der Waals surface area contributed by atoms with Crippen LogP contribution < -0.4 is 0 Å². The second-order valence-electron chi connectivity index (χ2n) is 3.47. The molecule has 4 atom stereocenters. The van der Waals surface area contributed by atoms with Crippen molar-refractivity contribution in [2.75, 3.05) is 13.2 Å². The van der Waals surface area contributed by atoms with Gasteiger partial charge in [0.25, 0.3) is 0 Å². The maximum Gasteiger partial charge on any atom is 0.186 e. The predicted molar refractivity (Wildman–Crippen MR) is 48.6 cm³/mol. The van der Waals surface area contributed by atoms with Crippen LogP contribution in [0.15, 0.2) is 0 Å². The van der Waals surface area contributed by atoms with Crippen molar-refractivity contribution < 1.29 is 24.8 Å². The van der Waals surface area contributed by atoms with Gasteiger partial charge >= 0.3 is 0 Å². The molecule has 84 valence electrons. The van der Waals surface area contributed by atoms with E-state index < -0.39 is 24.6 Å². The summed E-state index contributed by atoms with van der Waals surface area (Å²) in [5.74, 6) is 0. The van der Waals surface area contributed by atoms with Gasteiger partial charge in [0, 0.05) is 6.61 Å². The highest BCUT2D eigenvalue weighted by Gasteiger charge is 2.37. The zero-order valence-electron chi connectivity index (χ0n) is 8.30. The van der Waals surface area contributed by atoms with Crippen LogP contribution in [-0.2, 0) is 9.47 Å². The smallest absolute Gasteiger partial charge is 0.186 e. The Labute approximate surface area is 83.3 Å². The first kappa shape index (κ1) is 11.9. The van der Waals surface area contributed by atoms with Gasteiger partial charge in [-0.25, -0.2) is 0 Å². The topological polar surface area (TPSA) is 79.2 Å². The molecule has 1 fully saturated rings. The van der Waals surface area contributed by atoms with Crippen LogP contribution >= 0.6 is 0 Å². The number of hydrogen-bond acceptors (Lipinski definition) is 5. The molecule has 0 aromatic heterocycles. The molecule has 5 heteroatoms. The summed E-state index contributed by atoms with van der Waals surface area (Å²) in [6.45, 7) is 2.51. The highest BCUT2D eigenvalue weighted by Crippen LogP contribution is 2.16. The molecule has 0 amide bonds. The van der Waals surface area contributed by atoms with Crippen molar-refractivity contribution >= 4 is 0 Å². The van der Waals surface area contributed by atoms with E-state index in [0.29, 0.717) is 6.61 Å². The molecule has 0 saturated carbocycles. The molecule has 0 radical (unpaired) electrons. The molecule has 3 N–H and O–H groups in total. The Balaban J connectivity index is 2.31. The Bertz CT molecular complexity index is 163. The van der Waals surface area contributed by atoms with Gasteiger partial charge in [-0.1, -0.05) is 13.3 Å². The van der Waals surface area contributed by atoms with Crippen LogP contribution in [0.4, 0.5) is 0 Å². The summed E-state index contributed by atoms with van der Waals surface area (Å²) in [6.07, 6.45) is -2.33. The SMILES string of the molecule is CCCCOC1OCC(O)C(O)C1O. The summed E-state index contributed by atoms with van der Waals surface area (Å²) in [5.41, 5.74) is 0. The number of hydrogen-bond donors (Lipinski definition) is 3. The van der Waals surface area contributed by atoms with E-state index >= 15 is 0 Å². The van der Waals surface area contributed by atoms with Crippen LogP contribution in [0.5, 0.6) is 0 Å². The summed E-state index contributed by atoms with van der Waals surface area (Å²) in [7, 11) is 0. The summed E-state index contributed by atoms with van der Waals surface area (Å²) in [6, 6.07) is 0. The molecule has 1 saturated heterocycles. The monoisotopic (exact) mass is 206 g/mol. The van der Waals surface area contributed by atoms with E-state index in [-0.39, 0.29) is 6.61 Å². The lowest BCUT2D eigenvalue weighted by Gasteiger charge is -2.34. The standard InChI is InChI=1S/C9H18O5/c1-2-3-4-13-9-8(12)7(11)6(10)5-14-9/h6-12H,2-5H2,1H3. The minimum absolute atomic E-state index is 0.00494. The van der Waals surface area contributed by atoms with E-state index in [1.807, 2.05) is 6.92 Å². The Kier molecular flexibility index (Phi) is 4.77. The third-order valence-corrected chi connectivity index (χ3v) is 2.23.